The fourth-order valence-electron chi connectivity index (χ4n) is 6.07. The average Bonchev–Trinajstić information content (AvgIpc) is 3.15. The van der Waals surface area contributed by atoms with E-state index in [9.17, 15) is 29.1 Å². The minimum absolute atomic E-state index is 0.0213. The van der Waals surface area contributed by atoms with Crippen LogP contribution < -0.4 is 31.3 Å². The van der Waals surface area contributed by atoms with Crippen LogP contribution in [0.25, 0.3) is 0 Å². The van der Waals surface area contributed by atoms with E-state index in [1.807, 2.05) is 24.3 Å². The van der Waals surface area contributed by atoms with Crippen LogP contribution in [0.15, 0.2) is 72.8 Å². The van der Waals surface area contributed by atoms with Crippen LogP contribution in [0.3, 0.4) is 0 Å². The molecular weight excluding hydrogens is 680 g/mol. The van der Waals surface area contributed by atoms with Crippen LogP contribution in [-0.2, 0) is 43.4 Å². The molecule has 0 saturated carbocycles. The summed E-state index contributed by atoms with van der Waals surface area (Å²) in [6.07, 6.45) is -0.469. The summed E-state index contributed by atoms with van der Waals surface area (Å²) in [6, 6.07) is 17.1. The van der Waals surface area contributed by atoms with Crippen molar-refractivity contribution in [2.45, 2.75) is 57.9 Å². The van der Waals surface area contributed by atoms with Gasteiger partial charge in [0.15, 0.2) is 0 Å². The molecule has 3 atom stereocenters. The molecule has 14 nitrogen and oxygen atoms in total. The van der Waals surface area contributed by atoms with Crippen molar-refractivity contribution in [1.82, 2.24) is 31.5 Å². The van der Waals surface area contributed by atoms with Crippen molar-refractivity contribution < 1.29 is 38.6 Å². The van der Waals surface area contributed by atoms with E-state index in [0.29, 0.717) is 18.8 Å². The summed E-state index contributed by atoms with van der Waals surface area (Å²) in [5.74, 6) is -3.02. The zero-order valence-electron chi connectivity index (χ0n) is 30.1. The zero-order chi connectivity index (χ0) is 37.7. The Morgan fingerprint density at radius 1 is 0.849 bits per heavy atom. The number of phenolic OH excluding ortho intramolecular Hbond substituents is 1. The molecule has 0 spiro atoms. The average molecular weight is 729 g/mol. The second-order valence-corrected chi connectivity index (χ2v) is 13.5. The standard InChI is InChI=1S/C39H48N6O8/c1-25(2)35-39(51)40-15-18-53-33-6-4-3-5-30(33)36(48)43-32(22-34(47)42-31(38(50)44-35)21-26-11-13-29(46)14-12-26)37(49)41-23-27-7-9-28(10-8-27)24-45-16-19-52-20-17-45/h3-14,25,31-32,35,46H,15-24H2,1-2H3,(H,40,51)(H,41,49)(H,42,47)(H,43,48)(H,44,50)/t31-,32-,35+/m0/s1. The molecule has 1 saturated heterocycles. The van der Waals surface area contributed by atoms with Gasteiger partial charge in [-0.05, 0) is 46.9 Å². The van der Waals surface area contributed by atoms with Crippen molar-refractivity contribution in [3.8, 4) is 11.5 Å². The SMILES string of the molecule is CC(C)[C@H]1NC(=O)[C@H](Cc2ccc(O)cc2)NC(=O)C[C@@H](C(=O)NCc2ccc(CN3CCOCC3)cc2)NC(=O)c2ccccc2OCCNC1=O. The summed E-state index contributed by atoms with van der Waals surface area (Å²) in [5.41, 5.74) is 2.73. The van der Waals surface area contributed by atoms with Crippen LogP contribution in [0.1, 0.15) is 47.3 Å². The number of rotatable bonds is 8. The predicted molar refractivity (Wildman–Crippen MR) is 196 cm³/mol. The van der Waals surface area contributed by atoms with Gasteiger partial charge in [0, 0.05) is 32.6 Å². The topological polar surface area (TPSA) is 187 Å². The molecule has 6 N–H and O–H groups in total. The number of benzene rings is 3. The first-order valence-corrected chi connectivity index (χ1v) is 17.9. The lowest BCUT2D eigenvalue weighted by atomic mass is 10.0. The zero-order valence-corrected chi connectivity index (χ0v) is 30.1. The Hall–Kier alpha value is -5.47. The Bertz CT molecular complexity index is 1730. The van der Waals surface area contributed by atoms with Crippen molar-refractivity contribution in [3.63, 3.8) is 0 Å². The van der Waals surface area contributed by atoms with Crippen LogP contribution in [0.4, 0.5) is 0 Å². The number of morpholine rings is 1. The molecule has 0 unspecified atom stereocenters. The van der Waals surface area contributed by atoms with Gasteiger partial charge in [-0.3, -0.25) is 28.9 Å². The molecule has 1 fully saturated rings. The largest absolute Gasteiger partial charge is 0.508 e. The minimum Gasteiger partial charge on any atom is -0.508 e. The van der Waals surface area contributed by atoms with Gasteiger partial charge >= 0.3 is 0 Å². The van der Waals surface area contributed by atoms with E-state index in [1.165, 1.54) is 18.2 Å². The molecule has 2 aliphatic heterocycles. The highest BCUT2D eigenvalue weighted by Crippen LogP contribution is 2.19. The van der Waals surface area contributed by atoms with Gasteiger partial charge in [0.2, 0.25) is 23.6 Å². The van der Waals surface area contributed by atoms with Crippen LogP contribution in [0.2, 0.25) is 0 Å². The fourth-order valence-corrected chi connectivity index (χ4v) is 6.07. The first kappa shape index (κ1) is 38.8. The molecule has 282 valence electrons. The number of nitrogens with one attached hydrogen (secondary N) is 5. The molecule has 5 rings (SSSR count). The number of nitrogens with zero attached hydrogens (tertiary/aromatic N) is 1. The molecule has 2 heterocycles. The van der Waals surface area contributed by atoms with E-state index in [2.05, 4.69) is 31.5 Å². The lowest BCUT2D eigenvalue weighted by Gasteiger charge is -2.26. The molecule has 0 bridgehead atoms. The Balaban J connectivity index is 1.36. The van der Waals surface area contributed by atoms with Gasteiger partial charge in [0.25, 0.3) is 5.91 Å². The van der Waals surface area contributed by atoms with Gasteiger partial charge in [0.05, 0.1) is 31.7 Å². The number of carbonyl (C=O) groups is 5. The normalized spacial score (nSPS) is 20.8. The molecule has 3 aromatic rings. The van der Waals surface area contributed by atoms with Gasteiger partial charge < -0.3 is 41.2 Å². The van der Waals surface area contributed by atoms with Gasteiger partial charge in [-0.2, -0.15) is 0 Å². The van der Waals surface area contributed by atoms with E-state index in [-0.39, 0.29) is 49.1 Å². The summed E-state index contributed by atoms with van der Waals surface area (Å²) in [6.45, 7) is 7.77. The molecule has 0 aliphatic carbocycles. The first-order valence-electron chi connectivity index (χ1n) is 17.9. The Morgan fingerprint density at radius 3 is 2.25 bits per heavy atom. The Labute approximate surface area is 309 Å². The van der Waals surface area contributed by atoms with Gasteiger partial charge in [-0.15, -0.1) is 0 Å². The Kier molecular flexibility index (Phi) is 13.8. The number of ether oxygens (including phenoxy) is 2. The smallest absolute Gasteiger partial charge is 0.255 e. The molecule has 53 heavy (non-hydrogen) atoms. The van der Waals surface area contributed by atoms with Crippen LogP contribution in [0.5, 0.6) is 11.5 Å². The number of carbonyl (C=O) groups excluding carboxylic acids is 5. The molecule has 5 amide bonds. The molecular formula is C39H48N6O8. The third-order valence-corrected chi connectivity index (χ3v) is 9.08. The third kappa shape index (κ3) is 11.5. The van der Waals surface area contributed by atoms with Crippen molar-refractivity contribution >= 4 is 29.5 Å². The van der Waals surface area contributed by atoms with E-state index >= 15 is 0 Å². The number of hydrogen-bond acceptors (Lipinski definition) is 9. The third-order valence-electron chi connectivity index (χ3n) is 9.08. The second-order valence-electron chi connectivity index (χ2n) is 13.5. The van der Waals surface area contributed by atoms with E-state index < -0.39 is 54.1 Å². The number of hydrogen-bond donors (Lipinski definition) is 6. The second kappa shape index (κ2) is 18.9. The van der Waals surface area contributed by atoms with Gasteiger partial charge in [0.1, 0.15) is 36.2 Å². The summed E-state index contributed by atoms with van der Waals surface area (Å²) >= 11 is 0. The minimum atomic E-state index is -1.32. The molecule has 3 aromatic carbocycles. The molecule has 0 radical (unpaired) electrons. The maximum atomic E-state index is 13.7. The molecule has 2 aliphatic rings. The fraction of sp³-hybridized carbons (Fsp3) is 0.410. The quantitative estimate of drug-likeness (QED) is 0.200. The lowest BCUT2D eigenvalue weighted by molar-refractivity contribution is -0.133. The van der Waals surface area contributed by atoms with Crippen LogP contribution >= 0.6 is 0 Å². The Morgan fingerprint density at radius 2 is 1.53 bits per heavy atom. The number of phenols is 1. The number of amides is 5. The van der Waals surface area contributed by atoms with Crippen LogP contribution in [-0.4, -0.2) is 97.1 Å². The van der Waals surface area contributed by atoms with E-state index in [0.717, 1.165) is 30.8 Å². The van der Waals surface area contributed by atoms with E-state index in [1.54, 1.807) is 44.2 Å². The molecule has 0 aromatic heterocycles. The highest BCUT2D eigenvalue weighted by molar-refractivity contribution is 6.01. The first-order chi connectivity index (χ1) is 25.5. The summed E-state index contributed by atoms with van der Waals surface area (Å²) in [4.78, 5) is 70.2. The monoisotopic (exact) mass is 728 g/mol. The highest BCUT2D eigenvalue weighted by atomic mass is 16.5. The number of aromatic hydroxyl groups is 1. The predicted octanol–water partition coefficient (Wildman–Crippen LogP) is 1.41. The van der Waals surface area contributed by atoms with E-state index in [4.69, 9.17) is 9.47 Å². The summed E-state index contributed by atoms with van der Waals surface area (Å²) in [7, 11) is 0. The van der Waals surface area contributed by atoms with Crippen molar-refractivity contribution in [1.29, 1.82) is 0 Å². The lowest BCUT2D eigenvalue weighted by Crippen LogP contribution is -2.57. The van der Waals surface area contributed by atoms with Crippen molar-refractivity contribution in [2.24, 2.45) is 5.92 Å². The van der Waals surface area contributed by atoms with Crippen LogP contribution in [0, 0.1) is 5.92 Å². The van der Waals surface area contributed by atoms with Gasteiger partial charge in [-0.25, -0.2) is 0 Å². The van der Waals surface area contributed by atoms with Crippen molar-refractivity contribution in [2.75, 3.05) is 39.5 Å². The maximum Gasteiger partial charge on any atom is 0.255 e. The number of para-hydroxylation sites is 1. The maximum absolute atomic E-state index is 13.7. The van der Waals surface area contributed by atoms with Crippen molar-refractivity contribution in [3.05, 3.63) is 95.1 Å². The van der Waals surface area contributed by atoms with Gasteiger partial charge in [-0.1, -0.05) is 62.4 Å². The summed E-state index contributed by atoms with van der Waals surface area (Å²) < 4.78 is 11.3. The number of fused-ring (bicyclic) bond motifs is 1. The summed E-state index contributed by atoms with van der Waals surface area (Å²) in [5, 5.41) is 23.6. The highest BCUT2D eigenvalue weighted by Gasteiger charge is 2.31. The molecule has 14 heteroatoms.